The molecule has 1 spiro atoms. The minimum Gasteiger partial charge on any atom is -0.240 e. The zero-order chi connectivity index (χ0) is 21.0. The number of aryl methyl sites for hydroxylation is 1. The molecule has 4 aromatic rings. The first-order valence-electron chi connectivity index (χ1n) is 11.3. The van der Waals surface area contributed by atoms with Crippen molar-refractivity contribution in [1.29, 1.82) is 0 Å². The van der Waals surface area contributed by atoms with Gasteiger partial charge in [-0.3, -0.25) is 0 Å². The maximum absolute atomic E-state index is 5.12. The quantitative estimate of drug-likeness (QED) is 0.228. The Labute approximate surface area is 215 Å². The van der Waals surface area contributed by atoms with E-state index in [9.17, 15) is 0 Å². The van der Waals surface area contributed by atoms with Gasteiger partial charge in [-0.25, -0.2) is 20.3 Å². The number of hydrogen-bond acceptors (Lipinski definition) is 1. The zero-order valence-corrected chi connectivity index (χ0v) is 21.6. The smallest absolute Gasteiger partial charge is 0.240 e. The molecule has 157 valence electrons. The molecule has 0 bridgehead atoms. The molecule has 1 saturated carbocycles. The molecule has 4 heteroatoms. The van der Waals surface area contributed by atoms with Gasteiger partial charge in [0.15, 0.2) is 5.52 Å². The Kier molecular flexibility index (Phi) is 5.67. The second kappa shape index (κ2) is 8.35. The fraction of sp³-hybridized carbons (Fsp3) is 0.286. The van der Waals surface area contributed by atoms with Crippen molar-refractivity contribution in [3.63, 3.8) is 0 Å². The molecule has 0 amide bonds. The summed E-state index contributed by atoms with van der Waals surface area (Å²) in [6.07, 6.45) is 6.23. The molecule has 0 saturated heterocycles. The third kappa shape index (κ3) is 3.16. The molecule has 1 fully saturated rings. The Balaban J connectivity index is 0.00000216. The van der Waals surface area contributed by atoms with Gasteiger partial charge in [0, 0.05) is 38.4 Å². The number of benzene rings is 3. The molecule has 3 aromatic carbocycles. The van der Waals surface area contributed by atoms with Gasteiger partial charge >= 0.3 is 5.95 Å². The summed E-state index contributed by atoms with van der Waals surface area (Å²) in [4.78, 5) is 5.12. The number of aromatic nitrogens is 2. The SMILES string of the molecule is CC1=[N+](c2c[c-]c(-c3[c-]cccc3)cc2C)c2nc3ccccc3n2C12CCCCC2.[Y]. The van der Waals surface area contributed by atoms with Gasteiger partial charge in [-0.15, -0.1) is 17.7 Å². The van der Waals surface area contributed by atoms with Crippen LogP contribution in [0.25, 0.3) is 22.2 Å². The standard InChI is InChI=1S/C28H26N3.Y/c1-20-19-23(22-11-5-3-6-12-22)15-16-25(20)30-21(2)28(17-9-4-10-18-28)31-26-14-8-7-13-24(26)29-27(30)31;/h3,5-8,11,13-14,16,19H,4,9-10,17-18H2,1-2H3;/q-1;. The van der Waals surface area contributed by atoms with Crippen molar-refractivity contribution in [2.24, 2.45) is 0 Å². The zero-order valence-electron chi connectivity index (χ0n) is 18.7. The van der Waals surface area contributed by atoms with Gasteiger partial charge in [0.2, 0.25) is 0 Å². The van der Waals surface area contributed by atoms with E-state index in [0.29, 0.717) is 0 Å². The van der Waals surface area contributed by atoms with Crippen molar-refractivity contribution >= 4 is 28.4 Å². The van der Waals surface area contributed by atoms with Crippen molar-refractivity contribution in [3.8, 4) is 11.1 Å². The monoisotopic (exact) mass is 493 g/mol. The van der Waals surface area contributed by atoms with E-state index in [1.807, 2.05) is 12.1 Å². The molecule has 1 aliphatic carbocycles. The summed E-state index contributed by atoms with van der Waals surface area (Å²) in [5.41, 5.74) is 8.33. The number of nitrogens with zero attached hydrogens (tertiary/aromatic N) is 3. The van der Waals surface area contributed by atoms with E-state index >= 15 is 0 Å². The normalized spacial score (nSPS) is 16.9. The third-order valence-electron chi connectivity index (χ3n) is 7.23. The Hall–Kier alpha value is -2.10. The van der Waals surface area contributed by atoms with E-state index in [4.69, 9.17) is 4.98 Å². The van der Waals surface area contributed by atoms with Crippen molar-refractivity contribution in [1.82, 2.24) is 14.1 Å². The molecule has 0 atom stereocenters. The average molecular weight is 493 g/mol. The largest absolute Gasteiger partial charge is 0.396 e. The number of rotatable bonds is 2. The fourth-order valence-corrected chi connectivity index (χ4v) is 5.66. The predicted molar refractivity (Wildman–Crippen MR) is 127 cm³/mol. The van der Waals surface area contributed by atoms with Gasteiger partial charge in [-0.05, 0) is 44.7 Å². The van der Waals surface area contributed by atoms with Gasteiger partial charge in [0.05, 0.1) is 5.71 Å². The Morgan fingerprint density at radius 3 is 2.47 bits per heavy atom. The molecule has 3 nitrogen and oxygen atoms in total. The van der Waals surface area contributed by atoms with Crippen LogP contribution in [-0.4, -0.2) is 15.3 Å². The first kappa shape index (κ1) is 21.7. The Bertz CT molecular complexity index is 1330. The summed E-state index contributed by atoms with van der Waals surface area (Å²) in [5.74, 6) is 1.05. The van der Waals surface area contributed by atoms with Crippen LogP contribution in [0.4, 0.5) is 11.6 Å². The average Bonchev–Trinajstić information content (AvgIpc) is 3.29. The topological polar surface area (TPSA) is 20.8 Å². The van der Waals surface area contributed by atoms with Crippen molar-refractivity contribution < 1.29 is 32.7 Å². The third-order valence-corrected chi connectivity index (χ3v) is 7.23. The molecule has 2 aliphatic rings. The molecular weight excluding hydrogens is 467 g/mol. The van der Waals surface area contributed by atoms with Crippen LogP contribution in [0.5, 0.6) is 0 Å². The van der Waals surface area contributed by atoms with Crippen LogP contribution in [0.3, 0.4) is 0 Å². The first-order valence-corrected chi connectivity index (χ1v) is 11.3. The van der Waals surface area contributed by atoms with E-state index in [1.54, 1.807) is 0 Å². The summed E-state index contributed by atoms with van der Waals surface area (Å²) in [5, 5.41) is 0. The number of imidazole rings is 1. The van der Waals surface area contributed by atoms with Gasteiger partial charge in [0.1, 0.15) is 11.1 Å². The minimum absolute atomic E-state index is 0. The van der Waals surface area contributed by atoms with E-state index in [2.05, 4.69) is 83.7 Å². The number of para-hydroxylation sites is 2. The van der Waals surface area contributed by atoms with Gasteiger partial charge in [-0.2, -0.15) is 36.4 Å². The maximum Gasteiger partial charge on any atom is 0.396 e. The van der Waals surface area contributed by atoms with Gasteiger partial charge < -0.3 is 0 Å². The van der Waals surface area contributed by atoms with Gasteiger partial charge in [0.25, 0.3) is 0 Å². The van der Waals surface area contributed by atoms with E-state index < -0.39 is 0 Å². The molecular formula is C28H26N3Y-. The van der Waals surface area contributed by atoms with Gasteiger partial charge in [-0.1, -0.05) is 30.5 Å². The maximum atomic E-state index is 5.12. The number of fused-ring (bicyclic) bond motifs is 4. The van der Waals surface area contributed by atoms with Crippen LogP contribution >= 0.6 is 0 Å². The van der Waals surface area contributed by atoms with Crippen LogP contribution in [0.1, 0.15) is 44.6 Å². The summed E-state index contributed by atoms with van der Waals surface area (Å²) in [6, 6.07) is 27.9. The Morgan fingerprint density at radius 2 is 1.72 bits per heavy atom. The van der Waals surface area contributed by atoms with Crippen molar-refractivity contribution in [2.75, 3.05) is 0 Å². The number of hydrogen-bond donors (Lipinski definition) is 0. The summed E-state index contributed by atoms with van der Waals surface area (Å²) >= 11 is 0. The molecule has 2 heterocycles. The second-order valence-corrected chi connectivity index (χ2v) is 8.94. The molecule has 1 radical (unpaired) electrons. The van der Waals surface area contributed by atoms with E-state index in [-0.39, 0.29) is 38.2 Å². The first-order chi connectivity index (χ1) is 15.2. The molecule has 6 rings (SSSR count). The Morgan fingerprint density at radius 1 is 0.938 bits per heavy atom. The molecule has 32 heavy (non-hydrogen) atoms. The van der Waals surface area contributed by atoms with Crippen molar-refractivity contribution in [2.45, 2.75) is 51.5 Å². The van der Waals surface area contributed by atoms with Crippen LogP contribution in [0.15, 0.2) is 60.7 Å². The molecule has 0 N–H and O–H groups in total. The van der Waals surface area contributed by atoms with Crippen molar-refractivity contribution in [3.05, 3.63) is 78.4 Å². The van der Waals surface area contributed by atoms with E-state index in [1.165, 1.54) is 54.6 Å². The van der Waals surface area contributed by atoms with Crippen LogP contribution in [0.2, 0.25) is 0 Å². The second-order valence-electron chi connectivity index (χ2n) is 8.94. The summed E-state index contributed by atoms with van der Waals surface area (Å²) in [6.45, 7) is 4.51. The predicted octanol–water partition coefficient (Wildman–Crippen LogP) is 6.58. The molecule has 1 aromatic heterocycles. The fourth-order valence-electron chi connectivity index (χ4n) is 5.66. The van der Waals surface area contributed by atoms with Crippen LogP contribution in [-0.2, 0) is 38.2 Å². The summed E-state index contributed by atoms with van der Waals surface area (Å²) < 4.78 is 4.94. The minimum atomic E-state index is 0. The summed E-state index contributed by atoms with van der Waals surface area (Å²) in [7, 11) is 0. The van der Waals surface area contributed by atoms with E-state index in [0.717, 1.165) is 22.6 Å². The molecule has 0 unspecified atom stereocenters. The molecule has 1 aliphatic heterocycles. The van der Waals surface area contributed by atoms with Crippen LogP contribution in [0, 0.1) is 19.1 Å². The van der Waals surface area contributed by atoms with Crippen LogP contribution < -0.4 is 4.58 Å².